The summed E-state index contributed by atoms with van der Waals surface area (Å²) in [5.41, 5.74) is 3.21. The molecule has 142 valence electrons. The summed E-state index contributed by atoms with van der Waals surface area (Å²) in [4.78, 5) is 15.7. The first-order chi connectivity index (χ1) is 12.7. The number of carbonyl (C=O) groups is 1. The van der Waals surface area contributed by atoms with Crippen LogP contribution in [0.15, 0.2) is 53.4 Å². The van der Waals surface area contributed by atoms with E-state index in [2.05, 4.69) is 15.0 Å². The summed E-state index contributed by atoms with van der Waals surface area (Å²) in [6, 6.07) is 14.1. The number of aromatic amines is 1. The zero-order valence-electron chi connectivity index (χ0n) is 15.5. The molecular weight excluding hydrogens is 362 g/mol. The van der Waals surface area contributed by atoms with Crippen molar-refractivity contribution in [3.8, 4) is 0 Å². The van der Waals surface area contributed by atoms with E-state index in [1.807, 2.05) is 31.2 Å². The highest BCUT2D eigenvalue weighted by Gasteiger charge is 2.16. The molecule has 0 saturated heterocycles. The molecule has 0 atom stereocenters. The maximum absolute atomic E-state index is 12.4. The Morgan fingerprint density at radius 3 is 2.63 bits per heavy atom. The zero-order valence-corrected chi connectivity index (χ0v) is 16.4. The molecule has 1 amide bonds. The third kappa shape index (κ3) is 4.56. The molecule has 0 unspecified atom stereocenters. The second-order valence-electron chi connectivity index (χ2n) is 6.88. The lowest BCUT2D eigenvalue weighted by atomic mass is 10.2. The van der Waals surface area contributed by atoms with E-state index in [1.54, 1.807) is 32.0 Å². The quantitative estimate of drug-likeness (QED) is 0.609. The second-order valence-corrected chi connectivity index (χ2v) is 8.59. The molecule has 0 aliphatic heterocycles. The van der Waals surface area contributed by atoms with Crippen molar-refractivity contribution in [2.75, 3.05) is 0 Å². The summed E-state index contributed by atoms with van der Waals surface area (Å²) in [7, 11) is -3.56. The van der Waals surface area contributed by atoms with Crippen molar-refractivity contribution >= 4 is 26.8 Å². The van der Waals surface area contributed by atoms with Gasteiger partial charge in [0, 0.05) is 23.5 Å². The van der Waals surface area contributed by atoms with Gasteiger partial charge in [-0.3, -0.25) is 4.79 Å². The molecule has 1 aromatic heterocycles. The van der Waals surface area contributed by atoms with Crippen LogP contribution < -0.4 is 10.0 Å². The van der Waals surface area contributed by atoms with Crippen molar-refractivity contribution in [3.63, 3.8) is 0 Å². The number of hydrogen-bond acceptors (Lipinski definition) is 3. The molecule has 0 aliphatic carbocycles. The molecule has 2 aromatic carbocycles. The SMILES string of the molecule is Cc1ccc2[nH]c(C(=O)NCc3cccc(S(=O)(=O)NC(C)C)c3)cc2c1. The van der Waals surface area contributed by atoms with E-state index in [1.165, 1.54) is 6.07 Å². The van der Waals surface area contributed by atoms with Crippen molar-refractivity contribution in [3.05, 3.63) is 65.4 Å². The maximum atomic E-state index is 12.4. The molecule has 6 nitrogen and oxygen atoms in total. The Morgan fingerprint density at radius 1 is 1.11 bits per heavy atom. The number of nitrogens with one attached hydrogen (secondary N) is 3. The van der Waals surface area contributed by atoms with Gasteiger partial charge in [-0.05, 0) is 56.7 Å². The molecular formula is C20H23N3O3S. The number of amides is 1. The lowest BCUT2D eigenvalue weighted by Gasteiger charge is -2.11. The molecule has 0 spiro atoms. The number of benzene rings is 2. The van der Waals surface area contributed by atoms with Gasteiger partial charge < -0.3 is 10.3 Å². The standard InChI is InChI=1S/C20H23N3O3S/c1-13(2)23-27(25,26)17-6-4-5-15(10-17)12-21-20(24)19-11-16-9-14(3)7-8-18(16)22-19/h4-11,13,22-23H,12H2,1-3H3,(H,21,24). The molecule has 0 aliphatic rings. The number of aryl methyl sites for hydroxylation is 1. The Labute approximate surface area is 159 Å². The van der Waals surface area contributed by atoms with Gasteiger partial charge in [-0.25, -0.2) is 13.1 Å². The van der Waals surface area contributed by atoms with Crippen LogP contribution in [0.25, 0.3) is 10.9 Å². The fourth-order valence-electron chi connectivity index (χ4n) is 2.85. The van der Waals surface area contributed by atoms with Gasteiger partial charge in [0.15, 0.2) is 0 Å². The first-order valence-electron chi connectivity index (χ1n) is 8.73. The van der Waals surface area contributed by atoms with Crippen molar-refractivity contribution in [1.29, 1.82) is 0 Å². The summed E-state index contributed by atoms with van der Waals surface area (Å²) in [6.07, 6.45) is 0. The maximum Gasteiger partial charge on any atom is 0.267 e. The summed E-state index contributed by atoms with van der Waals surface area (Å²) in [5.74, 6) is -0.239. The van der Waals surface area contributed by atoms with Crippen LogP contribution in [0, 0.1) is 6.92 Å². The number of rotatable bonds is 6. The fraction of sp³-hybridized carbons (Fsp3) is 0.250. The predicted octanol–water partition coefficient (Wildman–Crippen LogP) is 3.09. The van der Waals surface area contributed by atoms with Crippen LogP contribution in [-0.4, -0.2) is 25.4 Å². The Kier molecular flexibility index (Phi) is 5.34. The average Bonchev–Trinajstić information content (AvgIpc) is 3.02. The van der Waals surface area contributed by atoms with Gasteiger partial charge in [0.05, 0.1) is 4.90 Å². The highest BCUT2D eigenvalue weighted by Crippen LogP contribution is 2.17. The molecule has 7 heteroatoms. The van der Waals surface area contributed by atoms with Crippen LogP contribution in [0.2, 0.25) is 0 Å². The predicted molar refractivity (Wildman–Crippen MR) is 106 cm³/mol. The third-order valence-corrected chi connectivity index (χ3v) is 5.73. The van der Waals surface area contributed by atoms with Crippen molar-refractivity contribution in [2.24, 2.45) is 0 Å². The van der Waals surface area contributed by atoms with Gasteiger partial charge in [-0.1, -0.05) is 23.8 Å². The van der Waals surface area contributed by atoms with Crippen LogP contribution in [0.4, 0.5) is 0 Å². The van der Waals surface area contributed by atoms with E-state index < -0.39 is 10.0 Å². The number of hydrogen-bond donors (Lipinski definition) is 3. The van der Waals surface area contributed by atoms with Crippen molar-refractivity contribution in [2.45, 2.75) is 38.3 Å². The molecule has 3 rings (SSSR count). The Hall–Kier alpha value is -2.64. The van der Waals surface area contributed by atoms with Gasteiger partial charge in [0.2, 0.25) is 10.0 Å². The third-order valence-electron chi connectivity index (χ3n) is 4.07. The molecule has 27 heavy (non-hydrogen) atoms. The van der Waals surface area contributed by atoms with Crippen molar-refractivity contribution < 1.29 is 13.2 Å². The first kappa shape index (κ1) is 19.1. The number of fused-ring (bicyclic) bond motifs is 1. The minimum Gasteiger partial charge on any atom is -0.351 e. The summed E-state index contributed by atoms with van der Waals surface area (Å²) >= 11 is 0. The number of aromatic nitrogens is 1. The van der Waals surface area contributed by atoms with Gasteiger partial charge in [-0.15, -0.1) is 0 Å². The highest BCUT2D eigenvalue weighted by molar-refractivity contribution is 7.89. The second kappa shape index (κ2) is 7.54. The lowest BCUT2D eigenvalue weighted by Crippen LogP contribution is -2.30. The van der Waals surface area contributed by atoms with Gasteiger partial charge in [-0.2, -0.15) is 0 Å². The molecule has 0 fully saturated rings. The van der Waals surface area contributed by atoms with Crippen LogP contribution >= 0.6 is 0 Å². The van der Waals surface area contributed by atoms with Gasteiger partial charge in [0.1, 0.15) is 5.69 Å². The zero-order chi connectivity index (χ0) is 19.6. The largest absolute Gasteiger partial charge is 0.351 e. The Morgan fingerprint density at radius 2 is 1.89 bits per heavy atom. The molecule has 3 aromatic rings. The minimum atomic E-state index is -3.56. The van der Waals surface area contributed by atoms with E-state index in [0.717, 1.165) is 16.5 Å². The molecule has 0 saturated carbocycles. The van der Waals surface area contributed by atoms with E-state index in [0.29, 0.717) is 11.3 Å². The number of H-pyrrole nitrogens is 1. The first-order valence-corrected chi connectivity index (χ1v) is 10.2. The molecule has 1 heterocycles. The molecule has 3 N–H and O–H groups in total. The molecule has 0 bridgehead atoms. The topological polar surface area (TPSA) is 91.1 Å². The van der Waals surface area contributed by atoms with Crippen LogP contribution in [0.5, 0.6) is 0 Å². The molecule has 0 radical (unpaired) electrons. The average molecular weight is 385 g/mol. The normalized spacial score (nSPS) is 11.9. The summed E-state index contributed by atoms with van der Waals surface area (Å²) in [6.45, 7) is 5.77. The summed E-state index contributed by atoms with van der Waals surface area (Å²) in [5, 5.41) is 3.80. The van der Waals surface area contributed by atoms with Crippen LogP contribution in [0.3, 0.4) is 0 Å². The number of carbonyl (C=O) groups excluding carboxylic acids is 1. The Bertz CT molecular complexity index is 1080. The summed E-state index contributed by atoms with van der Waals surface area (Å²) < 4.78 is 27.1. The van der Waals surface area contributed by atoms with E-state index in [9.17, 15) is 13.2 Å². The van der Waals surface area contributed by atoms with Gasteiger partial charge >= 0.3 is 0 Å². The minimum absolute atomic E-state index is 0.184. The van der Waals surface area contributed by atoms with Crippen LogP contribution in [-0.2, 0) is 16.6 Å². The van der Waals surface area contributed by atoms with Crippen molar-refractivity contribution in [1.82, 2.24) is 15.0 Å². The van der Waals surface area contributed by atoms with E-state index in [-0.39, 0.29) is 23.4 Å². The number of sulfonamides is 1. The lowest BCUT2D eigenvalue weighted by molar-refractivity contribution is 0.0946. The van der Waals surface area contributed by atoms with E-state index in [4.69, 9.17) is 0 Å². The highest BCUT2D eigenvalue weighted by atomic mass is 32.2. The van der Waals surface area contributed by atoms with Crippen LogP contribution in [0.1, 0.15) is 35.5 Å². The van der Waals surface area contributed by atoms with E-state index >= 15 is 0 Å². The smallest absolute Gasteiger partial charge is 0.267 e. The van der Waals surface area contributed by atoms with Gasteiger partial charge in [0.25, 0.3) is 5.91 Å². The fourth-order valence-corrected chi connectivity index (χ4v) is 4.17. The Balaban J connectivity index is 1.72. The monoisotopic (exact) mass is 385 g/mol.